The van der Waals surface area contributed by atoms with Gasteiger partial charge >= 0.3 is 11.9 Å². The quantitative estimate of drug-likeness (QED) is 0.0341. The van der Waals surface area contributed by atoms with Crippen LogP contribution >= 0.6 is 23.5 Å². The Morgan fingerprint density at radius 3 is 1.46 bits per heavy atom. The van der Waals surface area contributed by atoms with Crippen molar-refractivity contribution in [2.75, 3.05) is 79.7 Å². The number of aliphatic hydroxyl groups excluding tert-OH is 1. The number of nitriles is 1. The number of phenolic OH excluding ortho intramolecular Hbond substituents is 2. The zero-order valence-electron chi connectivity index (χ0n) is 63.5. The maximum atomic E-state index is 15.0. The molecule has 16 atom stereocenters. The van der Waals surface area contributed by atoms with Gasteiger partial charge in [0.1, 0.15) is 25.5 Å². The Morgan fingerprint density at radius 2 is 1.03 bits per heavy atom. The predicted octanol–water partition coefficient (Wildman–Crippen LogP) is 8.64. The number of carbonyl (C=O) groups is 2. The molecule has 6 aromatic carbocycles. The average molecular weight is 1680 g/mol. The van der Waals surface area contributed by atoms with Crippen molar-refractivity contribution >= 4 is 57.3 Å². The number of piperazine rings is 2. The van der Waals surface area contributed by atoms with Crippen LogP contribution in [0.5, 0.6) is 46.0 Å². The van der Waals surface area contributed by atoms with E-state index in [1.807, 2.05) is 57.3 Å². The minimum absolute atomic E-state index is 0. The zero-order chi connectivity index (χ0) is 77.6. The molecule has 601 valence electrons. The molecule has 2 aromatic heterocycles. The van der Waals surface area contributed by atoms with Crippen LogP contribution in [0.2, 0.25) is 0 Å². The number of nitrogens with zero attached hydrogens (tertiary/aromatic N) is 6. The molecule has 31 heteroatoms. The molecule has 22 rings (SSSR count). The molecule has 4 fully saturated rings. The molecule has 0 amide bonds. The normalized spacial score (nSPS) is 29.8. The summed E-state index contributed by atoms with van der Waals surface area (Å²) in [5.41, 5.74) is 29.6. The molecule has 1 radical (unpaired) electrons. The summed E-state index contributed by atoms with van der Waals surface area (Å²) in [6, 6.07) is 19.5. The summed E-state index contributed by atoms with van der Waals surface area (Å²) in [7, 11) is 7.31. The number of nitrogens with two attached hydrogens (primary N) is 2. The Morgan fingerprint density at radius 1 is 0.619 bits per heavy atom. The molecule has 0 saturated carbocycles. The zero-order valence-corrected chi connectivity index (χ0v) is 66.6. The molecule has 0 unspecified atom stereocenters. The third-order valence-corrected chi connectivity index (χ3v) is 29.4. The molecule has 14 aliphatic heterocycles. The SMILES string of the molecule is C.COc1c(C)cc2c(c1O)[C@@H]1[C@@H]3[C@@H]4SC[C@]5(N[C@H](CN)Cc6c5[nH]c5ccccc65)C(=O)OC[C@@H](c5c6c(c(C)c(C)c54)OCO6)N3[C@@H](C#N)[C@H](C2)N1C.COc1c(C)cc2c(c1O)[C@@H]1[C@@H]3[C@@H]4SC[C@]5(N[C@H](CN)Cc6c5[nH]c5ccccc65)C(=O)OC[C@@H](c5c6c(c(C)c(C)c54)OCO6)N3[C@@H](O)[C@H](C2)N1C.O=[N+]([O-])O.[Ag]. The number of benzene rings is 6. The Kier molecular flexibility index (Phi) is 20.2. The van der Waals surface area contributed by atoms with Crippen LogP contribution in [0.3, 0.4) is 0 Å². The summed E-state index contributed by atoms with van der Waals surface area (Å²) in [5.74, 6) is 3.78. The Bertz CT molecular complexity index is 5310. The largest absolute Gasteiger partial charge is 0.504 e. The number of esters is 2. The number of nitrogens with one attached hydrogen (secondary N) is 4. The van der Waals surface area contributed by atoms with Gasteiger partial charge in [-0.25, -0.2) is 9.59 Å². The van der Waals surface area contributed by atoms with E-state index in [4.69, 9.17) is 64.7 Å². The Labute approximate surface area is 677 Å². The van der Waals surface area contributed by atoms with E-state index < -0.39 is 40.5 Å². The fourth-order valence-electron chi connectivity index (χ4n) is 21.5. The smallest absolute Gasteiger partial charge is 0.333 e. The molecule has 8 aromatic rings. The second-order valence-corrected chi connectivity index (χ2v) is 33.8. The number of aromatic nitrogens is 2. The van der Waals surface area contributed by atoms with Gasteiger partial charge in [-0.05, 0) is 160 Å². The molecule has 28 nitrogen and oxygen atoms in total. The van der Waals surface area contributed by atoms with Crippen LogP contribution in [0.25, 0.3) is 21.8 Å². The van der Waals surface area contributed by atoms with Crippen molar-refractivity contribution in [1.82, 2.24) is 40.2 Å². The number of aliphatic hydroxyl groups is 1. The van der Waals surface area contributed by atoms with Crippen molar-refractivity contribution in [2.45, 2.75) is 169 Å². The molecule has 8 bridgehead atoms. The van der Waals surface area contributed by atoms with Crippen molar-refractivity contribution in [1.29, 1.82) is 5.26 Å². The van der Waals surface area contributed by atoms with Gasteiger partial charge in [0.05, 0.1) is 61.9 Å². The van der Waals surface area contributed by atoms with E-state index >= 15 is 0 Å². The van der Waals surface area contributed by atoms with Crippen molar-refractivity contribution in [3.63, 3.8) is 0 Å². The number of ether oxygens (including phenoxy) is 8. The second kappa shape index (κ2) is 29.0. The molecule has 4 saturated heterocycles. The van der Waals surface area contributed by atoms with Crippen LogP contribution < -0.4 is 50.5 Å². The Balaban J connectivity index is 0.000000160. The number of aromatic hydroxyl groups is 2. The van der Waals surface area contributed by atoms with Crippen molar-refractivity contribution in [2.24, 2.45) is 11.5 Å². The number of phenols is 2. The van der Waals surface area contributed by atoms with E-state index in [1.165, 1.54) is 0 Å². The number of aromatic amines is 2. The van der Waals surface area contributed by atoms with Gasteiger partial charge in [0, 0.05) is 132 Å². The van der Waals surface area contributed by atoms with E-state index in [2.05, 4.69) is 105 Å². The maximum Gasteiger partial charge on any atom is 0.333 e. The van der Waals surface area contributed by atoms with E-state index in [0.717, 1.165) is 122 Å². The summed E-state index contributed by atoms with van der Waals surface area (Å²) in [6.07, 6.45) is 1.55. The van der Waals surface area contributed by atoms with Gasteiger partial charge in [-0.3, -0.25) is 30.2 Å². The summed E-state index contributed by atoms with van der Waals surface area (Å²) in [4.78, 5) is 54.5. The van der Waals surface area contributed by atoms with Crippen LogP contribution in [-0.4, -0.2) is 195 Å². The molecular weight excluding hydrogens is 1580 g/mol. The van der Waals surface area contributed by atoms with Crippen LogP contribution in [0.4, 0.5) is 0 Å². The van der Waals surface area contributed by atoms with E-state index in [-0.39, 0.29) is 139 Å². The second-order valence-electron chi connectivity index (χ2n) is 31.6. The first-order valence-corrected chi connectivity index (χ1v) is 39.8. The maximum absolute atomic E-state index is 15.0. The van der Waals surface area contributed by atoms with Crippen LogP contribution in [0.15, 0.2) is 60.7 Å². The number of H-pyrrole nitrogens is 2. The van der Waals surface area contributed by atoms with Crippen molar-refractivity contribution in [3.8, 4) is 52.1 Å². The topological polar surface area (TPSA) is 376 Å². The number of hydrogen-bond acceptors (Lipinski definition) is 26. The molecule has 2 spiro atoms. The van der Waals surface area contributed by atoms with Gasteiger partial charge < -0.3 is 79.9 Å². The monoisotopic (exact) mass is 1670 g/mol. The summed E-state index contributed by atoms with van der Waals surface area (Å²) in [6.45, 7) is 13.1. The van der Waals surface area contributed by atoms with Gasteiger partial charge in [0.2, 0.25) is 13.6 Å². The third kappa shape index (κ3) is 11.3. The van der Waals surface area contributed by atoms with Crippen LogP contribution in [-0.2, 0) is 78.2 Å². The van der Waals surface area contributed by atoms with Gasteiger partial charge in [-0.15, -0.1) is 33.6 Å². The molecule has 113 heavy (non-hydrogen) atoms. The molecular formula is C82H94AgN12O16S2. The number of carbonyl (C=O) groups excluding carboxylic acids is 2. The third-order valence-electron chi connectivity index (χ3n) is 26.5. The number of para-hydroxylation sites is 2. The van der Waals surface area contributed by atoms with Gasteiger partial charge in [0.25, 0.3) is 5.09 Å². The fraction of sp³-hybridized carbons (Fsp3) is 0.476. The number of likely N-dealkylation sites (N-methyl/N-ethyl adjacent to an activating group) is 2. The number of hydrogen-bond donors (Lipinski definition) is 10. The van der Waals surface area contributed by atoms with Crippen LogP contribution in [0, 0.1) is 63.0 Å². The number of rotatable bonds is 4. The predicted molar refractivity (Wildman–Crippen MR) is 418 cm³/mol. The standard InChI is InChI=1S/C41H44N6O6S.C40H45N5O7S.CH4.Ag.HNO3/c1-18-10-21-11-26-27(14-43)47-28-15-51-40(49)41(39-24(12-22(13-42)45-41)23-8-6-7-9-25(23)44-39)16-54-38(29-19(2)20(3)36-37(31(28)29)53-17-52-36)33(47)32(46(26)4)30(21)34(48)35(18)50-5;1-17-10-20-11-25-38(47)45-26-14-50-39(48)40(37-23(12-21(13-41)43-40)22-8-6-7-9-24(22)42-37)15-53-36(27-18(2)19(3)34-35(29(26)27)52-16-51-34)31(45)30(44(25)4)28(20)32(46)33(17)49-5;;;2-1(3)4/h6-10,22,26-28,32-33,38,44-45,48H,11-13,15-17,42H2,1-5H3;6-10,21,25-26,30-31,36,38,42-43,46-47H,11-16,41H2,1-5H3;1H4;;(H,2,3,4)/t22-,26-,27-,28-,32+,33+,38+,41+;21-,25-,26-,30+,31+,36+,38-,40+;;;/m00.../s1. The molecule has 16 heterocycles. The first-order valence-electron chi connectivity index (χ1n) is 37.7. The van der Waals surface area contributed by atoms with E-state index in [0.29, 0.717) is 84.8 Å². The van der Waals surface area contributed by atoms with E-state index in [1.54, 1.807) is 37.7 Å². The molecule has 14 aliphatic rings. The first kappa shape index (κ1) is 78.4. The first-order chi connectivity index (χ1) is 53.4. The fourth-order valence-corrected chi connectivity index (χ4v) is 25.0. The average Bonchev–Trinajstić information content (AvgIpc) is 1.23. The summed E-state index contributed by atoms with van der Waals surface area (Å²) >= 11 is 3.37. The van der Waals surface area contributed by atoms with Crippen molar-refractivity contribution in [3.05, 3.63) is 171 Å². The molecule has 0 aliphatic carbocycles. The molecule has 12 N–H and O–H groups in total. The van der Waals surface area contributed by atoms with Crippen LogP contribution in [0.1, 0.15) is 142 Å². The number of aryl methyl sites for hydroxylation is 2. The summed E-state index contributed by atoms with van der Waals surface area (Å²) < 4.78 is 49.5. The van der Waals surface area contributed by atoms with Gasteiger partial charge in [-0.1, -0.05) is 56.0 Å². The minimum atomic E-state index is -1.50. The minimum Gasteiger partial charge on any atom is -0.504 e. The summed E-state index contributed by atoms with van der Waals surface area (Å²) in [5, 5.41) is 70.5. The Hall–Kier alpha value is -8.49. The number of thioether (sulfide) groups is 2. The van der Waals surface area contributed by atoms with E-state index in [9.17, 15) is 30.2 Å². The van der Waals surface area contributed by atoms with Crippen molar-refractivity contribution < 1.29 is 95.5 Å². The number of methoxy groups -OCH3 is 2. The van der Waals surface area contributed by atoms with Gasteiger partial charge in [-0.2, -0.15) is 5.26 Å². The van der Waals surface area contributed by atoms with Gasteiger partial charge in [0.15, 0.2) is 57.1 Å². The number of fused-ring (bicyclic) bond motifs is 22.